The standard InChI is InChI=1S/C16H22N2O4/c1-10(2)14(16(22)17-8-7-13(19)20)18-15(21)12-6-4-5-11(3)9-12/h4-6,9-10,14H,7-8H2,1-3H3,(H,17,22)(H,18,21)(H,19,20). The number of carboxylic acid groups (broad SMARTS) is 1. The van der Waals surface area contributed by atoms with Crippen LogP contribution in [0.1, 0.15) is 36.2 Å². The van der Waals surface area contributed by atoms with Gasteiger partial charge in [-0.15, -0.1) is 0 Å². The van der Waals surface area contributed by atoms with E-state index in [1.807, 2.05) is 26.8 Å². The fourth-order valence-electron chi connectivity index (χ4n) is 1.95. The van der Waals surface area contributed by atoms with Crippen LogP contribution in [0.3, 0.4) is 0 Å². The summed E-state index contributed by atoms with van der Waals surface area (Å²) in [6.45, 7) is 5.56. The molecule has 0 aliphatic heterocycles. The van der Waals surface area contributed by atoms with Gasteiger partial charge in [0.15, 0.2) is 0 Å². The minimum Gasteiger partial charge on any atom is -0.481 e. The number of aliphatic carboxylic acids is 1. The van der Waals surface area contributed by atoms with Crippen molar-refractivity contribution < 1.29 is 19.5 Å². The molecule has 6 nitrogen and oxygen atoms in total. The predicted molar refractivity (Wildman–Crippen MR) is 82.5 cm³/mol. The average molecular weight is 306 g/mol. The zero-order chi connectivity index (χ0) is 16.7. The molecule has 1 unspecified atom stereocenters. The van der Waals surface area contributed by atoms with Crippen molar-refractivity contribution in [2.75, 3.05) is 6.54 Å². The number of amides is 2. The van der Waals surface area contributed by atoms with Crippen LogP contribution in [-0.2, 0) is 9.59 Å². The number of rotatable bonds is 7. The van der Waals surface area contributed by atoms with Crippen LogP contribution in [0.2, 0.25) is 0 Å². The number of hydrogen-bond acceptors (Lipinski definition) is 3. The van der Waals surface area contributed by atoms with Crippen LogP contribution < -0.4 is 10.6 Å². The minimum absolute atomic E-state index is 0.0394. The van der Waals surface area contributed by atoms with Gasteiger partial charge in [-0.25, -0.2) is 0 Å². The number of nitrogens with one attached hydrogen (secondary N) is 2. The molecule has 1 aromatic rings. The Kier molecular flexibility index (Phi) is 6.56. The summed E-state index contributed by atoms with van der Waals surface area (Å²) in [5.41, 5.74) is 1.45. The number of carboxylic acids is 1. The van der Waals surface area contributed by atoms with Crippen LogP contribution in [0.5, 0.6) is 0 Å². The maximum atomic E-state index is 12.2. The van der Waals surface area contributed by atoms with Gasteiger partial charge >= 0.3 is 5.97 Å². The van der Waals surface area contributed by atoms with E-state index in [0.29, 0.717) is 5.56 Å². The molecular weight excluding hydrogens is 284 g/mol. The van der Waals surface area contributed by atoms with Crippen molar-refractivity contribution in [3.63, 3.8) is 0 Å². The molecule has 1 aromatic carbocycles. The Morgan fingerprint density at radius 1 is 1.23 bits per heavy atom. The molecule has 6 heteroatoms. The Hall–Kier alpha value is -2.37. The molecule has 0 spiro atoms. The topological polar surface area (TPSA) is 95.5 Å². The quantitative estimate of drug-likeness (QED) is 0.708. The van der Waals surface area contributed by atoms with E-state index >= 15 is 0 Å². The summed E-state index contributed by atoms with van der Waals surface area (Å²) in [4.78, 5) is 34.8. The first-order chi connectivity index (χ1) is 10.3. The SMILES string of the molecule is Cc1cccc(C(=O)NC(C(=O)NCCC(=O)O)C(C)C)c1. The summed E-state index contributed by atoms with van der Waals surface area (Å²) < 4.78 is 0. The molecule has 1 atom stereocenters. The molecule has 0 radical (unpaired) electrons. The highest BCUT2D eigenvalue weighted by molar-refractivity contribution is 5.97. The summed E-state index contributed by atoms with van der Waals surface area (Å²) in [7, 11) is 0. The molecule has 3 N–H and O–H groups in total. The lowest BCUT2D eigenvalue weighted by Crippen LogP contribution is -2.50. The minimum atomic E-state index is -0.981. The molecule has 22 heavy (non-hydrogen) atoms. The van der Waals surface area contributed by atoms with Gasteiger partial charge in [-0.3, -0.25) is 14.4 Å². The van der Waals surface area contributed by atoms with E-state index in [9.17, 15) is 14.4 Å². The number of benzene rings is 1. The smallest absolute Gasteiger partial charge is 0.305 e. The largest absolute Gasteiger partial charge is 0.481 e. The monoisotopic (exact) mass is 306 g/mol. The normalized spacial score (nSPS) is 11.8. The van der Waals surface area contributed by atoms with Crippen LogP contribution in [-0.4, -0.2) is 35.5 Å². The zero-order valence-electron chi connectivity index (χ0n) is 13.1. The van der Waals surface area contributed by atoms with Crippen LogP contribution in [0.4, 0.5) is 0 Å². The van der Waals surface area contributed by atoms with Gasteiger partial charge in [0, 0.05) is 12.1 Å². The first-order valence-electron chi connectivity index (χ1n) is 7.18. The molecule has 0 aromatic heterocycles. The second-order valence-electron chi connectivity index (χ2n) is 5.50. The molecule has 2 amide bonds. The second-order valence-corrected chi connectivity index (χ2v) is 5.50. The van der Waals surface area contributed by atoms with Crippen LogP contribution in [0.15, 0.2) is 24.3 Å². The van der Waals surface area contributed by atoms with Crippen LogP contribution in [0, 0.1) is 12.8 Å². The van der Waals surface area contributed by atoms with E-state index in [0.717, 1.165) is 5.56 Å². The van der Waals surface area contributed by atoms with Crippen molar-refractivity contribution in [2.45, 2.75) is 33.2 Å². The maximum Gasteiger partial charge on any atom is 0.305 e. The Morgan fingerprint density at radius 2 is 1.91 bits per heavy atom. The third kappa shape index (κ3) is 5.55. The highest BCUT2D eigenvalue weighted by Gasteiger charge is 2.24. The number of aryl methyl sites for hydroxylation is 1. The van der Waals surface area contributed by atoms with E-state index < -0.39 is 12.0 Å². The van der Waals surface area contributed by atoms with Gasteiger partial charge in [-0.2, -0.15) is 0 Å². The lowest BCUT2D eigenvalue weighted by Gasteiger charge is -2.21. The van der Waals surface area contributed by atoms with E-state index in [-0.39, 0.29) is 30.7 Å². The van der Waals surface area contributed by atoms with Crippen molar-refractivity contribution in [2.24, 2.45) is 5.92 Å². The third-order valence-corrected chi connectivity index (χ3v) is 3.15. The summed E-state index contributed by atoms with van der Waals surface area (Å²) in [5.74, 6) is -1.79. The van der Waals surface area contributed by atoms with E-state index in [4.69, 9.17) is 5.11 Å². The van der Waals surface area contributed by atoms with E-state index in [1.165, 1.54) is 0 Å². The fraction of sp³-hybridized carbons (Fsp3) is 0.438. The Balaban J connectivity index is 2.69. The molecule has 0 saturated heterocycles. The predicted octanol–water partition coefficient (Wildman–Crippen LogP) is 1.34. The number of carbonyl (C=O) groups is 3. The molecule has 0 saturated carbocycles. The van der Waals surface area contributed by atoms with Gasteiger partial charge in [0.25, 0.3) is 5.91 Å². The lowest BCUT2D eigenvalue weighted by atomic mass is 10.0. The summed E-state index contributed by atoms with van der Waals surface area (Å²) in [5, 5.41) is 13.8. The van der Waals surface area contributed by atoms with Gasteiger partial charge < -0.3 is 15.7 Å². The lowest BCUT2D eigenvalue weighted by molar-refractivity contribution is -0.137. The zero-order valence-corrected chi connectivity index (χ0v) is 13.1. The Morgan fingerprint density at radius 3 is 2.45 bits per heavy atom. The van der Waals surface area contributed by atoms with Crippen molar-refractivity contribution in [1.82, 2.24) is 10.6 Å². The maximum absolute atomic E-state index is 12.2. The highest BCUT2D eigenvalue weighted by Crippen LogP contribution is 2.07. The molecule has 0 aliphatic carbocycles. The summed E-state index contributed by atoms with van der Waals surface area (Å²) in [6.07, 6.45) is -0.150. The van der Waals surface area contributed by atoms with Gasteiger partial charge in [-0.05, 0) is 25.0 Å². The summed E-state index contributed by atoms with van der Waals surface area (Å²) in [6, 6.07) is 6.38. The van der Waals surface area contributed by atoms with Crippen molar-refractivity contribution >= 4 is 17.8 Å². The molecule has 0 bridgehead atoms. The van der Waals surface area contributed by atoms with Crippen LogP contribution >= 0.6 is 0 Å². The molecule has 1 rings (SSSR count). The van der Waals surface area contributed by atoms with Gasteiger partial charge in [0.05, 0.1) is 6.42 Å². The number of hydrogen-bond donors (Lipinski definition) is 3. The average Bonchev–Trinajstić information content (AvgIpc) is 2.43. The van der Waals surface area contributed by atoms with Gasteiger partial charge in [-0.1, -0.05) is 31.5 Å². The molecule has 0 heterocycles. The molecule has 0 fully saturated rings. The fourth-order valence-corrected chi connectivity index (χ4v) is 1.95. The van der Waals surface area contributed by atoms with Crippen molar-refractivity contribution in [1.29, 1.82) is 0 Å². The molecular formula is C16H22N2O4. The first-order valence-corrected chi connectivity index (χ1v) is 7.18. The molecule has 0 aliphatic rings. The highest BCUT2D eigenvalue weighted by atomic mass is 16.4. The third-order valence-electron chi connectivity index (χ3n) is 3.15. The second kappa shape index (κ2) is 8.17. The van der Waals surface area contributed by atoms with E-state index in [1.54, 1.807) is 18.2 Å². The molecule has 120 valence electrons. The van der Waals surface area contributed by atoms with E-state index in [2.05, 4.69) is 10.6 Å². The van der Waals surface area contributed by atoms with Gasteiger partial charge in [0.2, 0.25) is 5.91 Å². The Labute approximate surface area is 129 Å². The number of carbonyl (C=O) groups excluding carboxylic acids is 2. The first kappa shape index (κ1) is 17.7. The van der Waals surface area contributed by atoms with Gasteiger partial charge in [0.1, 0.15) is 6.04 Å². The van der Waals surface area contributed by atoms with Crippen LogP contribution in [0.25, 0.3) is 0 Å². The van der Waals surface area contributed by atoms with Crippen molar-refractivity contribution in [3.8, 4) is 0 Å². The summed E-state index contributed by atoms with van der Waals surface area (Å²) >= 11 is 0. The Bertz CT molecular complexity index is 555. The van der Waals surface area contributed by atoms with Crippen molar-refractivity contribution in [3.05, 3.63) is 35.4 Å².